The van der Waals surface area contributed by atoms with Crippen molar-refractivity contribution in [1.82, 2.24) is 9.62 Å². The number of carbonyl (C=O) groups excluding carboxylic acids is 1. The second-order valence-corrected chi connectivity index (χ2v) is 8.61. The van der Waals surface area contributed by atoms with Gasteiger partial charge in [0, 0.05) is 25.3 Å². The number of amides is 1. The van der Waals surface area contributed by atoms with Crippen LogP contribution in [0.25, 0.3) is 0 Å². The molecule has 1 fully saturated rings. The summed E-state index contributed by atoms with van der Waals surface area (Å²) in [5, 5.41) is 2.82. The fraction of sp³-hybridized carbons (Fsp3) is 0.350. The molecule has 0 unspecified atom stereocenters. The summed E-state index contributed by atoms with van der Waals surface area (Å²) >= 11 is 0. The summed E-state index contributed by atoms with van der Waals surface area (Å²) < 4.78 is 27.4. The van der Waals surface area contributed by atoms with E-state index >= 15 is 0 Å². The SMILES string of the molecule is Nc1ccc(CCNC(=O)c2ccccc2S(=O)(=O)N2CCCCC2)cc1. The Morgan fingerprint density at radius 2 is 1.67 bits per heavy atom. The van der Waals surface area contributed by atoms with Crippen molar-refractivity contribution in [2.24, 2.45) is 0 Å². The van der Waals surface area contributed by atoms with Gasteiger partial charge < -0.3 is 11.1 Å². The Kier molecular flexibility index (Phi) is 6.13. The van der Waals surface area contributed by atoms with Crippen LogP contribution in [-0.4, -0.2) is 38.3 Å². The van der Waals surface area contributed by atoms with Crippen molar-refractivity contribution >= 4 is 21.6 Å². The molecule has 6 nitrogen and oxygen atoms in total. The topological polar surface area (TPSA) is 92.5 Å². The zero-order valence-electron chi connectivity index (χ0n) is 15.2. The van der Waals surface area contributed by atoms with Gasteiger partial charge in [-0.2, -0.15) is 4.31 Å². The Balaban J connectivity index is 1.70. The lowest BCUT2D eigenvalue weighted by Gasteiger charge is -2.26. The molecule has 1 aliphatic rings. The minimum Gasteiger partial charge on any atom is -0.399 e. The predicted molar refractivity (Wildman–Crippen MR) is 106 cm³/mol. The van der Waals surface area contributed by atoms with Gasteiger partial charge in [-0.3, -0.25) is 4.79 Å². The highest BCUT2D eigenvalue weighted by molar-refractivity contribution is 7.89. The predicted octanol–water partition coefficient (Wildman–Crippen LogP) is 2.42. The fourth-order valence-electron chi connectivity index (χ4n) is 3.22. The zero-order chi connectivity index (χ0) is 19.3. The van der Waals surface area contributed by atoms with Crippen LogP contribution in [0.4, 0.5) is 5.69 Å². The lowest BCUT2D eigenvalue weighted by Crippen LogP contribution is -2.37. The summed E-state index contributed by atoms with van der Waals surface area (Å²) in [5.41, 5.74) is 7.61. The Labute approximate surface area is 160 Å². The minimum atomic E-state index is -3.66. The number of hydrogen-bond acceptors (Lipinski definition) is 4. The lowest BCUT2D eigenvalue weighted by molar-refractivity contribution is 0.0950. The van der Waals surface area contributed by atoms with Gasteiger partial charge in [-0.1, -0.05) is 30.7 Å². The normalized spacial score (nSPS) is 15.4. The number of anilines is 1. The molecule has 0 aliphatic carbocycles. The summed E-state index contributed by atoms with van der Waals surface area (Å²) in [6, 6.07) is 13.9. The molecule has 1 amide bonds. The largest absolute Gasteiger partial charge is 0.399 e. The van der Waals surface area contributed by atoms with Gasteiger partial charge in [0.2, 0.25) is 10.0 Å². The summed E-state index contributed by atoms with van der Waals surface area (Å²) in [7, 11) is -3.66. The van der Waals surface area contributed by atoms with E-state index in [0.717, 1.165) is 24.8 Å². The first-order chi connectivity index (χ1) is 13.0. The Morgan fingerprint density at radius 1 is 1.00 bits per heavy atom. The van der Waals surface area contributed by atoms with Crippen molar-refractivity contribution in [1.29, 1.82) is 0 Å². The maximum atomic E-state index is 13.0. The molecule has 1 saturated heterocycles. The number of piperidine rings is 1. The van der Waals surface area contributed by atoms with Crippen molar-refractivity contribution in [2.75, 3.05) is 25.4 Å². The maximum absolute atomic E-state index is 13.0. The van der Waals surface area contributed by atoms with Crippen LogP contribution in [0, 0.1) is 0 Å². The first kappa shape index (κ1) is 19.4. The van der Waals surface area contributed by atoms with E-state index in [9.17, 15) is 13.2 Å². The molecular formula is C20H25N3O3S. The third-order valence-electron chi connectivity index (χ3n) is 4.74. The highest BCUT2D eigenvalue weighted by Crippen LogP contribution is 2.23. The molecule has 0 spiro atoms. The van der Waals surface area contributed by atoms with E-state index < -0.39 is 10.0 Å². The van der Waals surface area contributed by atoms with E-state index in [1.54, 1.807) is 18.2 Å². The summed E-state index contributed by atoms with van der Waals surface area (Å²) in [6.45, 7) is 1.44. The number of benzene rings is 2. The van der Waals surface area contributed by atoms with Crippen LogP contribution in [0.2, 0.25) is 0 Å². The molecule has 0 bridgehead atoms. The van der Waals surface area contributed by atoms with Gasteiger partial charge >= 0.3 is 0 Å². The molecule has 0 radical (unpaired) electrons. The van der Waals surface area contributed by atoms with E-state index in [2.05, 4.69) is 5.32 Å². The van der Waals surface area contributed by atoms with Crippen molar-refractivity contribution in [3.63, 3.8) is 0 Å². The highest BCUT2D eigenvalue weighted by Gasteiger charge is 2.29. The van der Waals surface area contributed by atoms with Crippen LogP contribution in [-0.2, 0) is 16.4 Å². The smallest absolute Gasteiger partial charge is 0.252 e. The molecular weight excluding hydrogens is 362 g/mol. The molecule has 3 N–H and O–H groups in total. The van der Waals surface area contributed by atoms with Gasteiger partial charge in [0.1, 0.15) is 0 Å². The van der Waals surface area contributed by atoms with Gasteiger partial charge in [-0.05, 0) is 49.1 Å². The van der Waals surface area contributed by atoms with Crippen molar-refractivity contribution in [3.05, 3.63) is 59.7 Å². The van der Waals surface area contributed by atoms with E-state index in [4.69, 9.17) is 5.73 Å². The third-order valence-corrected chi connectivity index (χ3v) is 6.70. The first-order valence-electron chi connectivity index (χ1n) is 9.20. The molecule has 0 saturated carbocycles. The standard InChI is InChI=1S/C20H25N3O3S/c21-17-10-8-16(9-11-17)12-13-22-20(24)18-6-2-3-7-19(18)27(25,26)23-14-4-1-5-15-23/h2-3,6-11H,1,4-5,12-15,21H2,(H,22,24). The molecule has 0 atom stereocenters. The monoisotopic (exact) mass is 387 g/mol. The van der Waals surface area contributed by atoms with Gasteiger partial charge in [0.05, 0.1) is 10.5 Å². The highest BCUT2D eigenvalue weighted by atomic mass is 32.2. The van der Waals surface area contributed by atoms with Crippen molar-refractivity contribution in [2.45, 2.75) is 30.6 Å². The fourth-order valence-corrected chi connectivity index (χ4v) is 4.93. The number of nitrogens with one attached hydrogen (secondary N) is 1. The number of nitrogens with zero attached hydrogens (tertiary/aromatic N) is 1. The molecule has 2 aromatic carbocycles. The van der Waals surface area contributed by atoms with Crippen LogP contribution < -0.4 is 11.1 Å². The quantitative estimate of drug-likeness (QED) is 0.745. The second kappa shape index (κ2) is 8.54. The molecule has 0 aromatic heterocycles. The van der Waals surface area contributed by atoms with Crippen LogP contribution in [0.5, 0.6) is 0 Å². The Hall–Kier alpha value is -2.38. The van der Waals surface area contributed by atoms with Gasteiger partial charge in [-0.25, -0.2) is 8.42 Å². The number of hydrogen-bond donors (Lipinski definition) is 2. The average Bonchev–Trinajstić information content (AvgIpc) is 2.70. The molecule has 7 heteroatoms. The van der Waals surface area contributed by atoms with Gasteiger partial charge in [0.25, 0.3) is 5.91 Å². The molecule has 144 valence electrons. The third kappa shape index (κ3) is 4.67. The Morgan fingerprint density at radius 3 is 2.37 bits per heavy atom. The summed E-state index contributed by atoms with van der Waals surface area (Å²) in [5.74, 6) is -0.373. The number of sulfonamides is 1. The summed E-state index contributed by atoms with van der Waals surface area (Å²) in [6.07, 6.45) is 3.40. The molecule has 1 heterocycles. The average molecular weight is 388 g/mol. The number of nitrogen functional groups attached to an aromatic ring is 1. The molecule has 1 aliphatic heterocycles. The number of nitrogens with two attached hydrogens (primary N) is 1. The van der Waals surface area contributed by atoms with Gasteiger partial charge in [0.15, 0.2) is 0 Å². The van der Waals surface area contributed by atoms with Crippen molar-refractivity contribution < 1.29 is 13.2 Å². The van der Waals surface area contributed by atoms with Gasteiger partial charge in [-0.15, -0.1) is 0 Å². The van der Waals surface area contributed by atoms with Crippen LogP contribution >= 0.6 is 0 Å². The summed E-state index contributed by atoms with van der Waals surface area (Å²) in [4.78, 5) is 12.7. The second-order valence-electron chi connectivity index (χ2n) is 6.71. The molecule has 3 rings (SSSR count). The van der Waals surface area contributed by atoms with Crippen LogP contribution in [0.15, 0.2) is 53.4 Å². The zero-order valence-corrected chi connectivity index (χ0v) is 16.0. The molecule has 2 aromatic rings. The lowest BCUT2D eigenvalue weighted by atomic mass is 10.1. The van der Waals surface area contributed by atoms with E-state index in [1.165, 1.54) is 10.4 Å². The van der Waals surface area contributed by atoms with Crippen LogP contribution in [0.3, 0.4) is 0 Å². The molecule has 27 heavy (non-hydrogen) atoms. The maximum Gasteiger partial charge on any atom is 0.252 e. The Bertz CT molecular complexity index is 889. The van der Waals surface area contributed by atoms with E-state index in [-0.39, 0.29) is 16.4 Å². The van der Waals surface area contributed by atoms with E-state index in [1.807, 2.05) is 24.3 Å². The van der Waals surface area contributed by atoms with Crippen molar-refractivity contribution in [3.8, 4) is 0 Å². The first-order valence-corrected chi connectivity index (χ1v) is 10.6. The minimum absolute atomic E-state index is 0.0804. The van der Waals surface area contributed by atoms with Crippen LogP contribution in [0.1, 0.15) is 35.2 Å². The van der Waals surface area contributed by atoms with E-state index in [0.29, 0.717) is 31.7 Å². The number of carbonyl (C=O) groups is 1. The number of rotatable bonds is 6.